The minimum atomic E-state index is -0.522. The molecule has 0 saturated carbocycles. The number of rotatable bonds is 2. The van der Waals surface area contributed by atoms with E-state index in [-0.39, 0.29) is 33.5 Å². The number of hydrogen-bond donors (Lipinski definition) is 1. The molecular weight excluding hydrogens is 316 g/mol. The van der Waals surface area contributed by atoms with E-state index in [9.17, 15) is 14.0 Å². The summed E-state index contributed by atoms with van der Waals surface area (Å²) >= 11 is 12.0. The maximum Gasteiger partial charge on any atom is 0.228 e. The number of nitrogens with one attached hydrogen (secondary N) is 1. The summed E-state index contributed by atoms with van der Waals surface area (Å²) in [6.07, 6.45) is 0.198. The highest BCUT2D eigenvalue weighted by Gasteiger charge is 2.23. The van der Waals surface area contributed by atoms with Gasteiger partial charge in [-0.05, 0) is 35.9 Å². The van der Waals surface area contributed by atoms with Crippen molar-refractivity contribution in [3.05, 3.63) is 62.9 Å². The topological polar surface area (TPSA) is 46.2 Å². The average Bonchev–Trinajstić information content (AvgIpc) is 2.76. The van der Waals surface area contributed by atoms with Crippen LogP contribution in [0.4, 0.5) is 10.1 Å². The van der Waals surface area contributed by atoms with E-state index in [4.69, 9.17) is 23.2 Å². The van der Waals surface area contributed by atoms with Gasteiger partial charge in [0.1, 0.15) is 5.82 Å². The first kappa shape index (κ1) is 14.0. The lowest BCUT2D eigenvalue weighted by atomic mass is 10.00. The van der Waals surface area contributed by atoms with Crippen LogP contribution in [0, 0.1) is 5.82 Å². The Balaban J connectivity index is 2.06. The first-order chi connectivity index (χ1) is 9.95. The van der Waals surface area contributed by atoms with E-state index in [1.807, 2.05) is 0 Å². The van der Waals surface area contributed by atoms with Crippen LogP contribution in [0.3, 0.4) is 0 Å². The lowest BCUT2D eigenvalue weighted by Crippen LogP contribution is -2.04. The van der Waals surface area contributed by atoms with Crippen molar-refractivity contribution in [1.82, 2.24) is 0 Å². The minimum absolute atomic E-state index is 0.0192. The number of fused-ring (bicyclic) bond motifs is 1. The lowest BCUT2D eigenvalue weighted by molar-refractivity contribution is -0.115. The molecule has 1 heterocycles. The quantitative estimate of drug-likeness (QED) is 0.853. The van der Waals surface area contributed by atoms with E-state index in [1.165, 1.54) is 12.1 Å². The van der Waals surface area contributed by atoms with E-state index < -0.39 is 11.6 Å². The minimum Gasteiger partial charge on any atom is -0.325 e. The second-order valence-corrected chi connectivity index (χ2v) is 5.48. The molecule has 0 aliphatic carbocycles. The van der Waals surface area contributed by atoms with Gasteiger partial charge in [-0.2, -0.15) is 0 Å². The van der Waals surface area contributed by atoms with Crippen molar-refractivity contribution < 1.29 is 14.0 Å². The zero-order valence-corrected chi connectivity index (χ0v) is 12.1. The molecule has 0 bridgehead atoms. The summed E-state index contributed by atoms with van der Waals surface area (Å²) in [5.74, 6) is -1.08. The fourth-order valence-electron chi connectivity index (χ4n) is 2.24. The molecule has 106 valence electrons. The molecule has 0 spiro atoms. The number of ketones is 1. The highest BCUT2D eigenvalue weighted by atomic mass is 35.5. The summed E-state index contributed by atoms with van der Waals surface area (Å²) in [7, 11) is 0. The van der Waals surface area contributed by atoms with Crippen LogP contribution in [-0.4, -0.2) is 11.7 Å². The molecule has 0 atom stereocenters. The van der Waals surface area contributed by atoms with E-state index >= 15 is 0 Å². The van der Waals surface area contributed by atoms with Gasteiger partial charge in [0.2, 0.25) is 5.91 Å². The third kappa shape index (κ3) is 2.52. The lowest BCUT2D eigenvalue weighted by Gasteiger charge is -2.08. The largest absolute Gasteiger partial charge is 0.325 e. The Morgan fingerprint density at radius 2 is 1.81 bits per heavy atom. The smallest absolute Gasteiger partial charge is 0.228 e. The Bertz CT molecular complexity index is 789. The van der Waals surface area contributed by atoms with E-state index in [0.29, 0.717) is 11.3 Å². The van der Waals surface area contributed by atoms with Crippen molar-refractivity contribution in [1.29, 1.82) is 0 Å². The summed E-state index contributed by atoms with van der Waals surface area (Å²) in [5, 5.41) is 2.88. The first-order valence-corrected chi connectivity index (χ1v) is 6.83. The third-order valence-electron chi connectivity index (χ3n) is 3.24. The van der Waals surface area contributed by atoms with Crippen LogP contribution in [0.25, 0.3) is 0 Å². The molecule has 0 radical (unpaired) electrons. The van der Waals surface area contributed by atoms with Crippen LogP contribution in [0.2, 0.25) is 10.0 Å². The Hall–Kier alpha value is -1.91. The second-order valence-electron chi connectivity index (χ2n) is 4.67. The Morgan fingerprint density at radius 1 is 1.10 bits per heavy atom. The first-order valence-electron chi connectivity index (χ1n) is 6.08. The fraction of sp³-hybridized carbons (Fsp3) is 0.0667. The van der Waals surface area contributed by atoms with Gasteiger partial charge in [0.15, 0.2) is 5.78 Å². The molecule has 1 amide bonds. The van der Waals surface area contributed by atoms with Crippen molar-refractivity contribution in [2.75, 3.05) is 5.32 Å². The van der Waals surface area contributed by atoms with Gasteiger partial charge in [-0.25, -0.2) is 4.39 Å². The van der Waals surface area contributed by atoms with Crippen molar-refractivity contribution in [2.24, 2.45) is 0 Å². The summed E-state index contributed by atoms with van der Waals surface area (Å²) in [6, 6.07) is 6.64. The molecule has 0 aromatic heterocycles. The van der Waals surface area contributed by atoms with E-state index in [2.05, 4.69) is 5.32 Å². The van der Waals surface area contributed by atoms with Crippen molar-refractivity contribution in [3.8, 4) is 0 Å². The molecule has 0 fully saturated rings. The normalized spacial score (nSPS) is 13.0. The molecule has 0 saturated heterocycles. The Morgan fingerprint density at radius 3 is 2.52 bits per heavy atom. The maximum atomic E-state index is 13.0. The van der Waals surface area contributed by atoms with Gasteiger partial charge >= 0.3 is 0 Å². The Kier molecular flexibility index (Phi) is 3.43. The molecule has 2 aromatic rings. The monoisotopic (exact) mass is 323 g/mol. The van der Waals surface area contributed by atoms with Gasteiger partial charge in [0, 0.05) is 16.8 Å². The molecule has 1 aliphatic rings. The van der Waals surface area contributed by atoms with Crippen LogP contribution in [-0.2, 0) is 11.2 Å². The number of carbonyl (C=O) groups is 2. The van der Waals surface area contributed by atoms with Crippen molar-refractivity contribution in [3.63, 3.8) is 0 Å². The van der Waals surface area contributed by atoms with Crippen LogP contribution in [0.15, 0.2) is 30.3 Å². The Labute approximate surface area is 129 Å². The SMILES string of the molecule is O=C1Cc2cc(C(=O)c3ccc(F)cc3Cl)c(Cl)cc2N1. The fourth-order valence-corrected chi connectivity index (χ4v) is 2.74. The number of anilines is 1. The van der Waals surface area contributed by atoms with Gasteiger partial charge in [0.05, 0.1) is 16.5 Å². The van der Waals surface area contributed by atoms with Gasteiger partial charge < -0.3 is 5.32 Å². The third-order valence-corrected chi connectivity index (χ3v) is 3.86. The summed E-state index contributed by atoms with van der Waals surface area (Å²) < 4.78 is 13.0. The number of carbonyl (C=O) groups excluding carboxylic acids is 2. The van der Waals surface area contributed by atoms with Crippen molar-refractivity contribution in [2.45, 2.75) is 6.42 Å². The molecule has 3 rings (SSSR count). The average molecular weight is 324 g/mol. The predicted molar refractivity (Wildman–Crippen MR) is 78.6 cm³/mol. The van der Waals surface area contributed by atoms with E-state index in [1.54, 1.807) is 6.07 Å². The van der Waals surface area contributed by atoms with Crippen LogP contribution < -0.4 is 5.32 Å². The van der Waals surface area contributed by atoms with Gasteiger partial charge in [-0.3, -0.25) is 9.59 Å². The maximum absolute atomic E-state index is 13.0. The molecule has 0 unspecified atom stereocenters. The highest BCUT2D eigenvalue weighted by Crippen LogP contribution is 2.32. The molecule has 6 heteroatoms. The molecule has 1 N–H and O–H groups in total. The van der Waals surface area contributed by atoms with Crippen LogP contribution in [0.1, 0.15) is 21.5 Å². The number of hydrogen-bond acceptors (Lipinski definition) is 2. The highest BCUT2D eigenvalue weighted by molar-refractivity contribution is 6.38. The summed E-state index contributed by atoms with van der Waals surface area (Å²) in [6.45, 7) is 0. The predicted octanol–water partition coefficient (Wildman–Crippen LogP) is 3.86. The van der Waals surface area contributed by atoms with E-state index in [0.717, 1.165) is 12.1 Å². The number of amides is 1. The second kappa shape index (κ2) is 5.13. The van der Waals surface area contributed by atoms with Crippen LogP contribution >= 0.6 is 23.2 Å². The summed E-state index contributed by atoms with van der Waals surface area (Å²) in [4.78, 5) is 23.8. The van der Waals surface area contributed by atoms with Gasteiger partial charge in [-0.15, -0.1) is 0 Å². The zero-order valence-electron chi connectivity index (χ0n) is 10.5. The van der Waals surface area contributed by atoms with Crippen LogP contribution in [0.5, 0.6) is 0 Å². The molecule has 21 heavy (non-hydrogen) atoms. The van der Waals surface area contributed by atoms with Crippen molar-refractivity contribution >= 4 is 40.6 Å². The van der Waals surface area contributed by atoms with Gasteiger partial charge in [-0.1, -0.05) is 23.2 Å². The molecule has 1 aliphatic heterocycles. The molecule has 3 nitrogen and oxygen atoms in total. The standard InChI is InChI=1S/C15H8Cl2FNO2/c16-11-5-8(18)1-2-9(11)15(21)10-3-7-4-14(20)19-13(7)6-12(10)17/h1-3,5-6H,4H2,(H,19,20). The number of halogens is 3. The number of benzene rings is 2. The van der Waals surface area contributed by atoms with Gasteiger partial charge in [0.25, 0.3) is 0 Å². The molecular formula is C15H8Cl2FNO2. The zero-order chi connectivity index (χ0) is 15.1. The summed E-state index contributed by atoms with van der Waals surface area (Å²) in [5.41, 5.74) is 1.70. The molecule has 2 aromatic carbocycles.